The van der Waals surface area contributed by atoms with Crippen molar-refractivity contribution in [3.63, 3.8) is 0 Å². The van der Waals surface area contributed by atoms with Crippen LogP contribution in [0.2, 0.25) is 0 Å². The van der Waals surface area contributed by atoms with Gasteiger partial charge in [-0.25, -0.2) is 8.42 Å². The molecule has 0 saturated heterocycles. The van der Waals surface area contributed by atoms with Gasteiger partial charge in [0.05, 0.1) is 4.90 Å². The van der Waals surface area contributed by atoms with E-state index in [0.29, 0.717) is 5.39 Å². The van der Waals surface area contributed by atoms with Crippen molar-refractivity contribution >= 4 is 20.9 Å². The molecule has 29 heavy (non-hydrogen) atoms. The minimum absolute atomic E-state index is 0. The molecule has 0 N–H and O–H groups in total. The third kappa shape index (κ3) is 8.34. The van der Waals surface area contributed by atoms with Crippen LogP contribution in [0.1, 0.15) is 89.2 Å². The van der Waals surface area contributed by atoms with Crippen molar-refractivity contribution in [2.24, 2.45) is 0 Å². The summed E-state index contributed by atoms with van der Waals surface area (Å²) in [5.41, 5.74) is 2.16. The molecule has 2 aromatic carbocycles. The van der Waals surface area contributed by atoms with Crippen LogP contribution in [-0.2, 0) is 23.0 Å². The quantitative estimate of drug-likeness (QED) is 0.278. The summed E-state index contributed by atoms with van der Waals surface area (Å²) in [5, 5.41) is 1.61. The fraction of sp³-hybridized carbons (Fsp3) is 0.583. The summed E-state index contributed by atoms with van der Waals surface area (Å²) in [4.78, 5) is -0.0543. The Hall–Kier alpha value is -0.390. The Bertz CT molecular complexity index is 847. The van der Waals surface area contributed by atoms with Crippen molar-refractivity contribution in [1.82, 2.24) is 0 Å². The van der Waals surface area contributed by atoms with Crippen LogP contribution in [0.4, 0.5) is 0 Å². The zero-order chi connectivity index (χ0) is 20.4. The Morgan fingerprint density at radius 1 is 0.724 bits per heavy atom. The molecule has 0 radical (unpaired) electrons. The van der Waals surface area contributed by atoms with Crippen molar-refractivity contribution in [2.75, 3.05) is 0 Å². The molecule has 0 atom stereocenters. The molecule has 0 aliphatic rings. The van der Waals surface area contributed by atoms with Crippen LogP contribution in [0.15, 0.2) is 35.2 Å². The summed E-state index contributed by atoms with van der Waals surface area (Å²) in [6.07, 6.45) is 13.6. The van der Waals surface area contributed by atoms with E-state index >= 15 is 0 Å². The molecule has 0 bridgehead atoms. The molecular formula is C24H35NaO3S. The summed E-state index contributed by atoms with van der Waals surface area (Å²) in [6.45, 7) is 4.40. The van der Waals surface area contributed by atoms with E-state index in [9.17, 15) is 13.0 Å². The van der Waals surface area contributed by atoms with Gasteiger partial charge in [0.15, 0.2) is 0 Å². The van der Waals surface area contributed by atoms with E-state index in [1.54, 1.807) is 0 Å². The molecule has 2 aromatic rings. The van der Waals surface area contributed by atoms with Gasteiger partial charge in [0.25, 0.3) is 0 Å². The van der Waals surface area contributed by atoms with Crippen LogP contribution in [0, 0.1) is 0 Å². The fourth-order valence-corrected chi connectivity index (χ4v) is 4.71. The number of hydrogen-bond donors (Lipinski definition) is 0. The average molecular weight is 427 g/mol. The van der Waals surface area contributed by atoms with Crippen molar-refractivity contribution in [2.45, 2.75) is 95.8 Å². The number of benzene rings is 2. The summed E-state index contributed by atoms with van der Waals surface area (Å²) in [6, 6.07) is 9.35. The Labute approximate surface area is 199 Å². The summed E-state index contributed by atoms with van der Waals surface area (Å²) < 4.78 is 35.7. The van der Waals surface area contributed by atoms with E-state index in [1.807, 2.05) is 24.3 Å². The number of rotatable bonds is 13. The molecule has 0 amide bonds. The first kappa shape index (κ1) is 26.6. The van der Waals surface area contributed by atoms with E-state index in [2.05, 4.69) is 13.8 Å². The summed E-state index contributed by atoms with van der Waals surface area (Å²) in [5.74, 6) is 0. The zero-order valence-electron chi connectivity index (χ0n) is 18.5. The SMILES string of the molecule is CCCCCCCc1ccc(S(=O)(=O)[O-])c2c(CCCCCCC)cccc12.[Na+]. The average Bonchev–Trinajstić information content (AvgIpc) is 2.67. The minimum atomic E-state index is -4.49. The van der Waals surface area contributed by atoms with Gasteiger partial charge in [-0.15, -0.1) is 0 Å². The number of hydrogen-bond acceptors (Lipinski definition) is 3. The molecule has 156 valence electrons. The first-order valence-corrected chi connectivity index (χ1v) is 12.4. The first-order valence-electron chi connectivity index (χ1n) is 11.0. The van der Waals surface area contributed by atoms with Crippen LogP contribution >= 0.6 is 0 Å². The normalized spacial score (nSPS) is 11.6. The van der Waals surface area contributed by atoms with Crippen LogP contribution in [0.5, 0.6) is 0 Å². The Kier molecular flexibility index (Phi) is 12.7. The smallest absolute Gasteiger partial charge is 0.744 e. The molecule has 5 heteroatoms. The van der Waals surface area contributed by atoms with Gasteiger partial charge >= 0.3 is 29.6 Å². The van der Waals surface area contributed by atoms with Crippen LogP contribution in [0.3, 0.4) is 0 Å². The van der Waals surface area contributed by atoms with E-state index in [0.717, 1.165) is 48.6 Å². The van der Waals surface area contributed by atoms with Crippen LogP contribution in [-0.4, -0.2) is 13.0 Å². The number of unbranched alkanes of at least 4 members (excludes halogenated alkanes) is 8. The van der Waals surface area contributed by atoms with Gasteiger partial charge in [-0.2, -0.15) is 0 Å². The second-order valence-electron chi connectivity index (χ2n) is 7.85. The maximum atomic E-state index is 11.9. The Morgan fingerprint density at radius 2 is 1.28 bits per heavy atom. The van der Waals surface area contributed by atoms with Crippen LogP contribution in [0.25, 0.3) is 10.8 Å². The molecule has 0 saturated carbocycles. The van der Waals surface area contributed by atoms with Gasteiger partial charge in [-0.05, 0) is 48.3 Å². The van der Waals surface area contributed by atoms with Gasteiger partial charge in [-0.1, -0.05) is 89.5 Å². The second-order valence-corrected chi connectivity index (χ2v) is 9.19. The molecule has 0 aliphatic carbocycles. The summed E-state index contributed by atoms with van der Waals surface area (Å²) >= 11 is 0. The second kappa shape index (κ2) is 13.8. The fourth-order valence-electron chi connectivity index (χ4n) is 3.98. The van der Waals surface area contributed by atoms with Crippen LogP contribution < -0.4 is 29.6 Å². The zero-order valence-corrected chi connectivity index (χ0v) is 21.3. The first-order chi connectivity index (χ1) is 13.5. The summed E-state index contributed by atoms with van der Waals surface area (Å²) in [7, 11) is -4.49. The third-order valence-electron chi connectivity index (χ3n) is 5.55. The van der Waals surface area contributed by atoms with Crippen molar-refractivity contribution in [1.29, 1.82) is 0 Å². The monoisotopic (exact) mass is 426 g/mol. The molecule has 0 spiro atoms. The topological polar surface area (TPSA) is 57.2 Å². The largest absolute Gasteiger partial charge is 1.00 e. The minimum Gasteiger partial charge on any atom is -0.744 e. The van der Waals surface area contributed by atoms with E-state index < -0.39 is 10.1 Å². The van der Waals surface area contributed by atoms with Gasteiger partial charge in [0.1, 0.15) is 10.1 Å². The third-order valence-corrected chi connectivity index (χ3v) is 6.43. The van der Waals surface area contributed by atoms with Gasteiger partial charge in [-0.3, -0.25) is 0 Å². The Balaban J connectivity index is 0.00000420. The predicted molar refractivity (Wildman–Crippen MR) is 117 cm³/mol. The molecule has 0 fully saturated rings. The molecule has 0 unspecified atom stereocenters. The molecular weight excluding hydrogens is 391 g/mol. The number of fused-ring (bicyclic) bond motifs is 1. The van der Waals surface area contributed by atoms with E-state index in [-0.39, 0.29) is 34.5 Å². The molecule has 0 heterocycles. The van der Waals surface area contributed by atoms with Gasteiger partial charge < -0.3 is 4.55 Å². The Morgan fingerprint density at radius 3 is 1.83 bits per heavy atom. The van der Waals surface area contributed by atoms with Crippen molar-refractivity contribution in [3.8, 4) is 0 Å². The maximum Gasteiger partial charge on any atom is 1.00 e. The molecule has 0 aromatic heterocycles. The standard InChI is InChI=1S/C24H36O3S.Na/c1-3-5-7-9-11-14-20-18-19-23(28(25,26)27)24-21(16-13-17-22(20)24)15-12-10-8-6-4-2;/h13,16-19H,3-12,14-15H2,1-2H3,(H,25,26,27);/q;+1/p-1. The van der Waals surface area contributed by atoms with E-state index in [1.165, 1.54) is 51.0 Å². The molecule has 3 nitrogen and oxygen atoms in total. The van der Waals surface area contributed by atoms with Gasteiger partial charge in [0.2, 0.25) is 0 Å². The predicted octanol–water partition coefficient (Wildman–Crippen LogP) is 3.77. The number of aryl methyl sites for hydroxylation is 2. The van der Waals surface area contributed by atoms with Crippen molar-refractivity contribution < 1.29 is 42.5 Å². The maximum absolute atomic E-state index is 11.9. The molecule has 0 aliphatic heterocycles. The molecule has 2 rings (SSSR count). The van der Waals surface area contributed by atoms with Gasteiger partial charge in [0, 0.05) is 5.39 Å². The van der Waals surface area contributed by atoms with E-state index in [4.69, 9.17) is 0 Å². The van der Waals surface area contributed by atoms with Crippen molar-refractivity contribution in [3.05, 3.63) is 41.5 Å².